The van der Waals surface area contributed by atoms with Gasteiger partial charge in [-0.3, -0.25) is 0 Å². The molecule has 1 heterocycles. The molecule has 2 nitrogen and oxygen atoms in total. The zero-order valence-electron chi connectivity index (χ0n) is 7.29. The van der Waals surface area contributed by atoms with E-state index in [1.165, 1.54) is 17.1 Å². The summed E-state index contributed by atoms with van der Waals surface area (Å²) < 4.78 is 6.05. The summed E-state index contributed by atoms with van der Waals surface area (Å²) in [7, 11) is 0. The molecule has 0 aliphatic carbocycles. The smallest absolute Gasteiger partial charge is 0.203 e. The number of nitrogens with zero attached hydrogens (tertiary/aromatic N) is 2. The largest absolute Gasteiger partial charge is 0.210 e. The zero-order valence-corrected chi connectivity index (χ0v) is 11.9. The van der Waals surface area contributed by atoms with E-state index in [2.05, 4.69) is 66.9 Å². The van der Waals surface area contributed by atoms with E-state index >= 15 is 0 Å². The Morgan fingerprint density at radius 3 is 2.86 bits per heavy atom. The topological polar surface area (TPSA) is 25.8 Å². The molecule has 0 saturated heterocycles. The van der Waals surface area contributed by atoms with Gasteiger partial charge in [0.05, 0.1) is 0 Å². The van der Waals surface area contributed by atoms with Gasteiger partial charge in [-0.15, -0.1) is 0 Å². The minimum atomic E-state index is 0.807. The van der Waals surface area contributed by atoms with Crippen LogP contribution in [0.5, 0.6) is 0 Å². The molecule has 2 rings (SSSR count). The van der Waals surface area contributed by atoms with Crippen LogP contribution in [-0.2, 0) is 0 Å². The third-order valence-electron chi connectivity index (χ3n) is 1.83. The van der Waals surface area contributed by atoms with Crippen molar-refractivity contribution in [2.24, 2.45) is 0 Å². The summed E-state index contributed by atoms with van der Waals surface area (Å²) in [6, 6.07) is 6.18. The highest BCUT2D eigenvalue weighted by Crippen LogP contribution is 2.28. The molecule has 0 aliphatic heterocycles. The Balaban J connectivity index is 2.55. The molecule has 0 N–H and O–H groups in total. The minimum Gasteiger partial charge on any atom is -0.210 e. The van der Waals surface area contributed by atoms with E-state index in [9.17, 15) is 0 Å². The highest BCUT2D eigenvalue weighted by Gasteiger charge is 2.07. The monoisotopic (exact) mass is 380 g/mol. The molecule has 2 aromatic rings. The number of hydrogen-bond acceptors (Lipinski definition) is 3. The average Bonchev–Trinajstić information content (AvgIpc) is 2.56. The Hall–Kier alpha value is -0.0100. The van der Waals surface area contributed by atoms with Crippen LogP contribution in [0, 0.1) is 10.8 Å². The molecule has 0 radical (unpaired) electrons. The van der Waals surface area contributed by atoms with E-state index < -0.39 is 0 Å². The van der Waals surface area contributed by atoms with Crippen LogP contribution < -0.4 is 0 Å². The van der Waals surface area contributed by atoms with Gasteiger partial charge < -0.3 is 0 Å². The van der Waals surface area contributed by atoms with Crippen molar-refractivity contribution in [3.8, 4) is 10.6 Å². The number of aromatic nitrogens is 2. The summed E-state index contributed by atoms with van der Waals surface area (Å²) in [5.41, 5.74) is 2.38. The first-order chi connectivity index (χ1) is 6.66. The second-order valence-corrected chi connectivity index (χ2v) is 5.46. The van der Waals surface area contributed by atoms with E-state index in [-0.39, 0.29) is 0 Å². The standard InChI is InChI=1S/C9H6BrIN2S/c1-5-2-3-6(10)4-7(5)8-12-9(11)13-14-8/h2-4H,1H3. The van der Waals surface area contributed by atoms with Crippen LogP contribution in [0.1, 0.15) is 5.56 Å². The normalized spacial score (nSPS) is 10.5. The van der Waals surface area contributed by atoms with Crippen LogP contribution in [0.4, 0.5) is 0 Å². The van der Waals surface area contributed by atoms with E-state index in [0.717, 1.165) is 18.9 Å². The lowest BCUT2D eigenvalue weighted by Crippen LogP contribution is -1.82. The van der Waals surface area contributed by atoms with Crippen molar-refractivity contribution >= 4 is 50.1 Å². The Bertz CT molecular complexity index is 470. The van der Waals surface area contributed by atoms with Crippen molar-refractivity contribution in [3.05, 3.63) is 32.1 Å². The van der Waals surface area contributed by atoms with Crippen LogP contribution in [-0.4, -0.2) is 9.36 Å². The summed E-state index contributed by atoms with van der Waals surface area (Å²) in [5.74, 6) is 0. The number of rotatable bonds is 1. The fourth-order valence-electron chi connectivity index (χ4n) is 1.14. The predicted octanol–water partition coefficient (Wildman–Crippen LogP) is 3.88. The Morgan fingerprint density at radius 2 is 2.21 bits per heavy atom. The van der Waals surface area contributed by atoms with Crippen LogP contribution in [0.25, 0.3) is 10.6 Å². The first kappa shape index (κ1) is 10.5. The fourth-order valence-corrected chi connectivity index (χ4v) is 2.85. The maximum absolute atomic E-state index is 4.36. The van der Waals surface area contributed by atoms with Gasteiger partial charge in [-0.1, -0.05) is 22.0 Å². The number of aryl methyl sites for hydroxylation is 1. The van der Waals surface area contributed by atoms with Crippen LogP contribution >= 0.6 is 50.1 Å². The van der Waals surface area contributed by atoms with Gasteiger partial charge in [0.25, 0.3) is 0 Å². The summed E-state index contributed by atoms with van der Waals surface area (Å²) in [6.45, 7) is 2.08. The van der Waals surface area contributed by atoms with Gasteiger partial charge in [-0.2, -0.15) is 4.37 Å². The molecule has 1 aromatic carbocycles. The molecule has 0 unspecified atom stereocenters. The molecule has 0 amide bonds. The van der Waals surface area contributed by atoms with Gasteiger partial charge >= 0.3 is 0 Å². The molecule has 5 heteroatoms. The van der Waals surface area contributed by atoms with E-state index in [4.69, 9.17) is 0 Å². The number of halogens is 2. The SMILES string of the molecule is Cc1ccc(Br)cc1-c1nc(I)ns1. The van der Waals surface area contributed by atoms with Crippen molar-refractivity contribution in [1.82, 2.24) is 9.36 Å². The molecule has 0 saturated carbocycles. The van der Waals surface area contributed by atoms with E-state index in [1.807, 2.05) is 6.07 Å². The minimum absolute atomic E-state index is 0.807. The first-order valence-electron chi connectivity index (χ1n) is 3.92. The Kier molecular flexibility index (Phi) is 3.18. The molecule has 14 heavy (non-hydrogen) atoms. The second kappa shape index (κ2) is 4.24. The zero-order chi connectivity index (χ0) is 10.1. The van der Waals surface area contributed by atoms with Crippen LogP contribution in [0.2, 0.25) is 0 Å². The Labute approximate surface area is 108 Å². The highest BCUT2D eigenvalue weighted by molar-refractivity contribution is 14.1. The summed E-state index contributed by atoms with van der Waals surface area (Å²) >= 11 is 7.02. The van der Waals surface area contributed by atoms with Gasteiger partial charge in [0.2, 0.25) is 3.83 Å². The fraction of sp³-hybridized carbons (Fsp3) is 0.111. The molecule has 0 bridgehead atoms. The van der Waals surface area contributed by atoms with Crippen molar-refractivity contribution in [2.45, 2.75) is 6.92 Å². The van der Waals surface area contributed by atoms with E-state index in [1.54, 1.807) is 0 Å². The highest BCUT2D eigenvalue weighted by atomic mass is 127. The van der Waals surface area contributed by atoms with Gasteiger partial charge in [0, 0.05) is 32.6 Å². The number of hydrogen-bond donors (Lipinski definition) is 0. The van der Waals surface area contributed by atoms with Crippen molar-refractivity contribution < 1.29 is 0 Å². The summed E-state index contributed by atoms with van der Waals surface area (Å²) in [6.07, 6.45) is 0. The quantitative estimate of drug-likeness (QED) is 0.701. The van der Waals surface area contributed by atoms with Crippen LogP contribution in [0.15, 0.2) is 22.7 Å². The molecular formula is C9H6BrIN2S. The summed E-state index contributed by atoms with van der Waals surface area (Å²) in [4.78, 5) is 4.36. The lowest BCUT2D eigenvalue weighted by molar-refractivity contribution is 1.25. The lowest BCUT2D eigenvalue weighted by atomic mass is 10.1. The van der Waals surface area contributed by atoms with Crippen molar-refractivity contribution in [1.29, 1.82) is 0 Å². The van der Waals surface area contributed by atoms with Gasteiger partial charge in [0.15, 0.2) is 0 Å². The van der Waals surface area contributed by atoms with Gasteiger partial charge in [0.1, 0.15) is 5.01 Å². The Morgan fingerprint density at radius 1 is 1.43 bits per heavy atom. The van der Waals surface area contributed by atoms with Gasteiger partial charge in [-0.05, 0) is 36.2 Å². The molecule has 1 aromatic heterocycles. The second-order valence-electron chi connectivity index (χ2n) is 2.83. The molecule has 0 spiro atoms. The average molecular weight is 381 g/mol. The molecule has 0 fully saturated rings. The molecule has 0 aliphatic rings. The van der Waals surface area contributed by atoms with E-state index in [0.29, 0.717) is 0 Å². The summed E-state index contributed by atoms with van der Waals surface area (Å²) in [5, 5.41) is 0.980. The van der Waals surface area contributed by atoms with Crippen molar-refractivity contribution in [3.63, 3.8) is 0 Å². The molecule has 0 atom stereocenters. The maximum Gasteiger partial charge on any atom is 0.203 e. The third-order valence-corrected chi connectivity index (χ3v) is 3.88. The molecule has 72 valence electrons. The van der Waals surface area contributed by atoms with Crippen LogP contribution in [0.3, 0.4) is 0 Å². The predicted molar refractivity (Wildman–Crippen MR) is 70.5 cm³/mol. The maximum atomic E-state index is 4.36. The number of benzene rings is 1. The van der Waals surface area contributed by atoms with Crippen molar-refractivity contribution in [2.75, 3.05) is 0 Å². The molecular weight excluding hydrogens is 375 g/mol. The lowest BCUT2D eigenvalue weighted by Gasteiger charge is -2.01. The van der Waals surface area contributed by atoms with Gasteiger partial charge in [-0.25, -0.2) is 4.98 Å². The first-order valence-corrected chi connectivity index (χ1v) is 6.57. The third kappa shape index (κ3) is 2.14.